The number of nitrogens with one attached hydrogen (secondary N) is 3. The number of amides is 3. The fraction of sp³-hybridized carbons (Fsp3) is 0.238. The van der Waals surface area contributed by atoms with Crippen LogP contribution in [0, 0.1) is 11.8 Å². The zero-order chi connectivity index (χ0) is 20.3. The van der Waals surface area contributed by atoms with Gasteiger partial charge >= 0.3 is 0 Å². The second-order valence-corrected chi connectivity index (χ2v) is 6.83. The molecule has 2 aromatic carbocycles. The maximum absolute atomic E-state index is 12.4. The molecule has 3 amide bonds. The number of carbonyl (C=O) groups is 4. The molecule has 0 saturated heterocycles. The van der Waals surface area contributed by atoms with Crippen LogP contribution in [0.15, 0.2) is 48.5 Å². The number of hydrogen-bond donors (Lipinski definition) is 3. The maximum atomic E-state index is 12.4. The zero-order valence-electron chi connectivity index (χ0n) is 15.6. The Morgan fingerprint density at radius 1 is 0.750 bits per heavy atom. The van der Waals surface area contributed by atoms with Crippen LogP contribution in [0.5, 0.6) is 0 Å². The van der Waals surface area contributed by atoms with Crippen LogP contribution in [0.2, 0.25) is 0 Å². The number of Topliss-reactive ketones (excluding diaryl/α,β-unsaturated/α-hetero) is 1. The summed E-state index contributed by atoms with van der Waals surface area (Å²) in [5, 5.41) is 8.19. The summed E-state index contributed by atoms with van der Waals surface area (Å²) in [6.45, 7) is 2.87. The molecule has 0 aromatic heterocycles. The molecule has 2 atom stereocenters. The van der Waals surface area contributed by atoms with Gasteiger partial charge < -0.3 is 16.0 Å². The van der Waals surface area contributed by atoms with Crippen molar-refractivity contribution in [2.24, 2.45) is 11.8 Å². The molecule has 0 spiro atoms. The van der Waals surface area contributed by atoms with Crippen molar-refractivity contribution in [2.75, 3.05) is 16.0 Å². The predicted molar refractivity (Wildman–Crippen MR) is 106 cm³/mol. The molecule has 3 N–H and O–H groups in total. The molecule has 0 aliphatic heterocycles. The van der Waals surface area contributed by atoms with E-state index in [4.69, 9.17) is 0 Å². The van der Waals surface area contributed by atoms with Gasteiger partial charge in [-0.1, -0.05) is 18.2 Å². The Morgan fingerprint density at radius 2 is 1.25 bits per heavy atom. The molecule has 2 aromatic rings. The fourth-order valence-electron chi connectivity index (χ4n) is 2.94. The van der Waals surface area contributed by atoms with Crippen LogP contribution in [0.1, 0.15) is 30.6 Å². The van der Waals surface area contributed by atoms with Gasteiger partial charge in [0.15, 0.2) is 5.78 Å². The monoisotopic (exact) mass is 379 g/mol. The molecule has 1 fully saturated rings. The summed E-state index contributed by atoms with van der Waals surface area (Å²) >= 11 is 0. The molecule has 0 radical (unpaired) electrons. The Hall–Kier alpha value is -3.48. The Morgan fingerprint density at radius 3 is 1.79 bits per heavy atom. The summed E-state index contributed by atoms with van der Waals surface area (Å²) in [5.41, 5.74) is 2.19. The van der Waals surface area contributed by atoms with E-state index in [1.165, 1.54) is 13.8 Å². The number of benzene rings is 2. The molecule has 144 valence electrons. The minimum Gasteiger partial charge on any atom is -0.326 e. The first-order valence-corrected chi connectivity index (χ1v) is 8.94. The van der Waals surface area contributed by atoms with E-state index in [-0.39, 0.29) is 23.5 Å². The predicted octanol–water partition coefficient (Wildman–Crippen LogP) is 3.06. The first-order chi connectivity index (χ1) is 13.3. The summed E-state index contributed by atoms with van der Waals surface area (Å²) < 4.78 is 0. The second kappa shape index (κ2) is 8.04. The summed E-state index contributed by atoms with van der Waals surface area (Å²) in [5.74, 6) is -1.57. The van der Waals surface area contributed by atoms with E-state index in [2.05, 4.69) is 16.0 Å². The summed E-state index contributed by atoms with van der Waals surface area (Å²) in [6, 6.07) is 13.5. The van der Waals surface area contributed by atoms with E-state index in [1.807, 2.05) is 0 Å². The highest BCUT2D eigenvalue weighted by atomic mass is 16.2. The van der Waals surface area contributed by atoms with Crippen molar-refractivity contribution >= 4 is 40.6 Å². The quantitative estimate of drug-likeness (QED) is 0.671. The third kappa shape index (κ3) is 4.82. The largest absolute Gasteiger partial charge is 0.326 e. The van der Waals surface area contributed by atoms with Gasteiger partial charge in [0, 0.05) is 29.5 Å². The second-order valence-electron chi connectivity index (χ2n) is 6.83. The Kier molecular flexibility index (Phi) is 5.54. The standard InChI is InChI=1S/C21H21N3O4/c1-12(25)14-5-3-6-15(9-14)23-20(27)18-11-19(18)21(28)24-17-8-4-7-16(10-17)22-13(2)26/h3-10,18-19H,11H2,1-2H3,(H,22,26)(H,23,27)(H,24,28). The van der Waals surface area contributed by atoms with Gasteiger partial charge in [-0.05, 0) is 43.7 Å². The molecular formula is C21H21N3O4. The number of carbonyl (C=O) groups excluding carboxylic acids is 4. The van der Waals surface area contributed by atoms with Crippen LogP contribution in [0.25, 0.3) is 0 Å². The van der Waals surface area contributed by atoms with E-state index < -0.39 is 11.8 Å². The lowest BCUT2D eigenvalue weighted by molar-refractivity contribution is -0.122. The van der Waals surface area contributed by atoms with Gasteiger partial charge in [0.1, 0.15) is 0 Å². The Balaban J connectivity index is 1.56. The lowest BCUT2D eigenvalue weighted by Gasteiger charge is -2.08. The van der Waals surface area contributed by atoms with Gasteiger partial charge in [-0.15, -0.1) is 0 Å². The topological polar surface area (TPSA) is 104 Å². The van der Waals surface area contributed by atoms with Crippen molar-refractivity contribution < 1.29 is 19.2 Å². The molecule has 0 bridgehead atoms. The van der Waals surface area contributed by atoms with Gasteiger partial charge in [0.05, 0.1) is 11.8 Å². The number of hydrogen-bond acceptors (Lipinski definition) is 4. The number of rotatable bonds is 6. The first-order valence-electron chi connectivity index (χ1n) is 8.94. The fourth-order valence-corrected chi connectivity index (χ4v) is 2.94. The normalized spacial score (nSPS) is 17.4. The molecule has 0 heterocycles. The third-order valence-corrected chi connectivity index (χ3v) is 4.45. The highest BCUT2D eigenvalue weighted by molar-refractivity contribution is 6.04. The van der Waals surface area contributed by atoms with Crippen molar-refractivity contribution in [3.8, 4) is 0 Å². The van der Waals surface area contributed by atoms with Gasteiger partial charge in [-0.25, -0.2) is 0 Å². The minimum absolute atomic E-state index is 0.0822. The Bertz CT molecular complexity index is 954. The van der Waals surface area contributed by atoms with E-state index in [0.29, 0.717) is 29.0 Å². The smallest absolute Gasteiger partial charge is 0.228 e. The van der Waals surface area contributed by atoms with Crippen LogP contribution in [0.3, 0.4) is 0 Å². The number of anilines is 3. The van der Waals surface area contributed by atoms with Crippen molar-refractivity contribution in [3.05, 3.63) is 54.1 Å². The lowest BCUT2D eigenvalue weighted by atomic mass is 10.1. The molecule has 1 saturated carbocycles. The van der Waals surface area contributed by atoms with Crippen LogP contribution in [-0.2, 0) is 14.4 Å². The summed E-state index contributed by atoms with van der Waals surface area (Å²) in [7, 11) is 0. The van der Waals surface area contributed by atoms with Crippen molar-refractivity contribution in [3.63, 3.8) is 0 Å². The van der Waals surface area contributed by atoms with E-state index in [1.54, 1.807) is 48.5 Å². The lowest BCUT2D eigenvalue weighted by Crippen LogP contribution is -2.20. The molecule has 1 aliphatic carbocycles. The van der Waals surface area contributed by atoms with Gasteiger partial charge in [-0.3, -0.25) is 19.2 Å². The summed E-state index contributed by atoms with van der Waals surface area (Å²) in [4.78, 5) is 47.3. The number of ketones is 1. The molecule has 28 heavy (non-hydrogen) atoms. The molecule has 7 nitrogen and oxygen atoms in total. The van der Waals surface area contributed by atoms with E-state index in [0.717, 1.165) is 0 Å². The minimum atomic E-state index is -0.403. The van der Waals surface area contributed by atoms with Crippen molar-refractivity contribution in [1.29, 1.82) is 0 Å². The average molecular weight is 379 g/mol. The van der Waals surface area contributed by atoms with E-state index >= 15 is 0 Å². The highest BCUT2D eigenvalue weighted by Crippen LogP contribution is 2.40. The van der Waals surface area contributed by atoms with Crippen molar-refractivity contribution in [2.45, 2.75) is 20.3 Å². The van der Waals surface area contributed by atoms with Gasteiger partial charge in [-0.2, -0.15) is 0 Å². The first kappa shape index (κ1) is 19.3. The Labute approximate surface area is 162 Å². The van der Waals surface area contributed by atoms with Crippen LogP contribution in [-0.4, -0.2) is 23.5 Å². The average Bonchev–Trinajstić information content (AvgIpc) is 3.42. The molecule has 2 unspecified atom stereocenters. The van der Waals surface area contributed by atoms with Crippen LogP contribution >= 0.6 is 0 Å². The maximum Gasteiger partial charge on any atom is 0.228 e. The highest BCUT2D eigenvalue weighted by Gasteiger charge is 2.48. The molecular weight excluding hydrogens is 358 g/mol. The third-order valence-electron chi connectivity index (χ3n) is 4.45. The summed E-state index contributed by atoms with van der Waals surface area (Å²) in [6.07, 6.45) is 0.468. The van der Waals surface area contributed by atoms with Crippen LogP contribution in [0.4, 0.5) is 17.1 Å². The van der Waals surface area contributed by atoms with E-state index in [9.17, 15) is 19.2 Å². The van der Waals surface area contributed by atoms with Gasteiger partial charge in [0.25, 0.3) is 0 Å². The van der Waals surface area contributed by atoms with Gasteiger partial charge in [0.2, 0.25) is 17.7 Å². The molecule has 3 rings (SSSR count). The zero-order valence-corrected chi connectivity index (χ0v) is 15.6. The molecule has 1 aliphatic rings. The SMILES string of the molecule is CC(=O)Nc1cccc(NC(=O)C2CC2C(=O)Nc2cccc(C(C)=O)c2)c1. The molecule has 7 heteroatoms. The van der Waals surface area contributed by atoms with Crippen LogP contribution < -0.4 is 16.0 Å². The van der Waals surface area contributed by atoms with Crippen molar-refractivity contribution in [1.82, 2.24) is 0 Å².